The summed E-state index contributed by atoms with van der Waals surface area (Å²) < 4.78 is 16.9. The number of unbranched alkanes of at least 4 members (excludes halogenated alkanes) is 42. The van der Waals surface area contributed by atoms with Crippen molar-refractivity contribution in [2.24, 2.45) is 0 Å². The van der Waals surface area contributed by atoms with Gasteiger partial charge in [-0.25, -0.2) is 0 Å². The fraction of sp³-hybridized carbons (Fsp3) is 0.862. The van der Waals surface area contributed by atoms with Crippen molar-refractivity contribution in [2.75, 3.05) is 13.2 Å². The van der Waals surface area contributed by atoms with Crippen LogP contribution in [0.4, 0.5) is 0 Å². The molecule has 0 rings (SSSR count). The number of carbonyl (C=O) groups excluding carboxylic acids is 3. The highest BCUT2D eigenvalue weighted by Gasteiger charge is 2.19. The summed E-state index contributed by atoms with van der Waals surface area (Å²) in [6, 6.07) is 0. The average Bonchev–Trinajstić information content (AvgIpc) is 3.37. The SMILES string of the molecule is CCCCCCCCC/C=C\C=C/CCCCCC(=O)OCC(COC(=O)CCCCCCCCC/C=C\CCCCCCCCCC)OC(=O)CCCCCCCCCCCCCCCCCCCC. The van der Waals surface area contributed by atoms with Crippen molar-refractivity contribution in [2.45, 2.75) is 348 Å². The molecule has 1 atom stereocenters. The molecule has 0 spiro atoms. The standard InChI is InChI=1S/C65H120O6/c1-4-7-10-13-16-19-22-25-28-31-33-35-37-40-43-46-49-52-55-58-64(67)70-61-62(60-69-63(66)57-54-51-48-45-42-39-36-30-27-24-21-18-15-12-9-6-3)71-65(68)59-56-53-50-47-44-41-38-34-32-29-26-23-20-17-14-11-8-5-2/h30-31,33,36,39,42,62H,4-29,32,34-35,37-38,40-41,43-61H2,1-3H3/b33-31-,36-30-,42-39-. The molecule has 0 fully saturated rings. The molecule has 0 saturated heterocycles. The summed E-state index contributed by atoms with van der Waals surface area (Å²) in [5.74, 6) is -0.887. The van der Waals surface area contributed by atoms with E-state index in [4.69, 9.17) is 14.2 Å². The van der Waals surface area contributed by atoms with Crippen LogP contribution in [0.15, 0.2) is 36.5 Å². The van der Waals surface area contributed by atoms with Gasteiger partial charge in [-0.05, 0) is 70.6 Å². The van der Waals surface area contributed by atoms with Crippen LogP contribution in [0.3, 0.4) is 0 Å². The van der Waals surface area contributed by atoms with Gasteiger partial charge in [0.05, 0.1) is 0 Å². The van der Waals surface area contributed by atoms with Crippen LogP contribution in [0.5, 0.6) is 0 Å². The van der Waals surface area contributed by atoms with Gasteiger partial charge in [-0.1, -0.05) is 288 Å². The van der Waals surface area contributed by atoms with Gasteiger partial charge in [0.1, 0.15) is 13.2 Å². The second-order valence-corrected chi connectivity index (χ2v) is 21.4. The molecule has 1 unspecified atom stereocenters. The Morgan fingerprint density at radius 2 is 0.507 bits per heavy atom. The predicted octanol–water partition coefficient (Wildman–Crippen LogP) is 21.2. The number of ether oxygens (including phenoxy) is 3. The van der Waals surface area contributed by atoms with Crippen LogP contribution < -0.4 is 0 Å². The Morgan fingerprint density at radius 3 is 0.803 bits per heavy atom. The summed E-state index contributed by atoms with van der Waals surface area (Å²) in [5.41, 5.74) is 0. The van der Waals surface area contributed by atoms with E-state index < -0.39 is 6.10 Å². The van der Waals surface area contributed by atoms with Gasteiger partial charge in [0, 0.05) is 19.3 Å². The fourth-order valence-corrected chi connectivity index (χ4v) is 9.37. The summed E-state index contributed by atoms with van der Waals surface area (Å²) in [6.45, 7) is 6.67. The number of esters is 3. The zero-order valence-electron chi connectivity index (χ0n) is 47.8. The molecule has 0 aliphatic carbocycles. The number of rotatable bonds is 58. The maximum absolute atomic E-state index is 12.9. The summed E-state index contributed by atoms with van der Waals surface area (Å²) in [4.78, 5) is 38.3. The van der Waals surface area contributed by atoms with Gasteiger partial charge in [0.2, 0.25) is 0 Å². The van der Waals surface area contributed by atoms with Gasteiger partial charge in [-0.2, -0.15) is 0 Å². The number of carbonyl (C=O) groups is 3. The van der Waals surface area contributed by atoms with E-state index in [1.54, 1.807) is 0 Å². The summed E-state index contributed by atoms with van der Waals surface area (Å²) >= 11 is 0. The highest BCUT2D eigenvalue weighted by molar-refractivity contribution is 5.71. The molecule has 416 valence electrons. The largest absolute Gasteiger partial charge is 0.462 e. The van der Waals surface area contributed by atoms with E-state index in [0.717, 1.165) is 70.6 Å². The number of allylic oxidation sites excluding steroid dienone is 6. The summed E-state index contributed by atoms with van der Waals surface area (Å²) in [7, 11) is 0. The lowest BCUT2D eigenvalue weighted by atomic mass is 10.0. The summed E-state index contributed by atoms with van der Waals surface area (Å²) in [5, 5.41) is 0. The van der Waals surface area contributed by atoms with E-state index in [2.05, 4.69) is 57.2 Å². The van der Waals surface area contributed by atoms with Crippen LogP contribution >= 0.6 is 0 Å². The topological polar surface area (TPSA) is 78.9 Å². The second-order valence-electron chi connectivity index (χ2n) is 21.4. The van der Waals surface area contributed by atoms with Crippen molar-refractivity contribution in [1.82, 2.24) is 0 Å². The van der Waals surface area contributed by atoms with Crippen molar-refractivity contribution in [3.63, 3.8) is 0 Å². The fourth-order valence-electron chi connectivity index (χ4n) is 9.37. The van der Waals surface area contributed by atoms with E-state index in [1.807, 2.05) is 0 Å². The smallest absolute Gasteiger partial charge is 0.306 e. The molecule has 0 bridgehead atoms. The van der Waals surface area contributed by atoms with Crippen molar-refractivity contribution < 1.29 is 28.6 Å². The Balaban J connectivity index is 4.37. The molecule has 0 aliphatic heterocycles. The van der Waals surface area contributed by atoms with Gasteiger partial charge in [-0.3, -0.25) is 14.4 Å². The van der Waals surface area contributed by atoms with Gasteiger partial charge >= 0.3 is 17.9 Å². The minimum Gasteiger partial charge on any atom is -0.462 e. The molecule has 0 amide bonds. The lowest BCUT2D eigenvalue weighted by Gasteiger charge is -2.18. The van der Waals surface area contributed by atoms with Crippen LogP contribution in [-0.2, 0) is 28.6 Å². The first-order valence-corrected chi connectivity index (χ1v) is 31.5. The van der Waals surface area contributed by atoms with Gasteiger partial charge in [0.25, 0.3) is 0 Å². The highest BCUT2D eigenvalue weighted by atomic mass is 16.6. The lowest BCUT2D eigenvalue weighted by molar-refractivity contribution is -0.167. The van der Waals surface area contributed by atoms with Crippen LogP contribution in [-0.4, -0.2) is 37.2 Å². The number of hydrogen-bond acceptors (Lipinski definition) is 6. The molecule has 6 heteroatoms. The van der Waals surface area contributed by atoms with E-state index in [1.165, 1.54) is 231 Å². The van der Waals surface area contributed by atoms with Crippen molar-refractivity contribution in [3.05, 3.63) is 36.5 Å². The Hall–Kier alpha value is -2.37. The highest BCUT2D eigenvalue weighted by Crippen LogP contribution is 2.17. The first kappa shape index (κ1) is 68.6. The third-order valence-electron chi connectivity index (χ3n) is 14.1. The van der Waals surface area contributed by atoms with Crippen molar-refractivity contribution in [1.29, 1.82) is 0 Å². The van der Waals surface area contributed by atoms with Crippen LogP contribution in [0.25, 0.3) is 0 Å². The molecule has 0 aromatic rings. The predicted molar refractivity (Wildman–Crippen MR) is 307 cm³/mol. The van der Waals surface area contributed by atoms with Crippen molar-refractivity contribution >= 4 is 17.9 Å². The average molecular weight is 998 g/mol. The van der Waals surface area contributed by atoms with E-state index in [-0.39, 0.29) is 31.1 Å². The van der Waals surface area contributed by atoms with Gasteiger partial charge < -0.3 is 14.2 Å². The van der Waals surface area contributed by atoms with Crippen LogP contribution in [0.2, 0.25) is 0 Å². The minimum absolute atomic E-state index is 0.0790. The van der Waals surface area contributed by atoms with Gasteiger partial charge in [0.15, 0.2) is 6.10 Å². The first-order valence-electron chi connectivity index (χ1n) is 31.5. The third kappa shape index (κ3) is 58.4. The Kier molecular flexibility index (Phi) is 58.2. The third-order valence-corrected chi connectivity index (χ3v) is 14.1. The van der Waals surface area contributed by atoms with E-state index >= 15 is 0 Å². The minimum atomic E-state index is -0.783. The molecule has 71 heavy (non-hydrogen) atoms. The molecule has 0 N–H and O–H groups in total. The second kappa shape index (κ2) is 60.2. The van der Waals surface area contributed by atoms with Crippen LogP contribution in [0.1, 0.15) is 342 Å². The molecule has 0 aromatic heterocycles. The quantitative estimate of drug-likeness (QED) is 0.0199. The number of hydrogen-bond donors (Lipinski definition) is 0. The first-order chi connectivity index (χ1) is 35.0. The van der Waals surface area contributed by atoms with Crippen molar-refractivity contribution in [3.8, 4) is 0 Å². The van der Waals surface area contributed by atoms with E-state index in [9.17, 15) is 14.4 Å². The molecule has 6 nitrogen and oxygen atoms in total. The molecular formula is C65H120O6. The normalized spacial score (nSPS) is 12.2. The summed E-state index contributed by atoms with van der Waals surface area (Å²) in [6.07, 6.45) is 72.9. The Labute approximate surface area is 442 Å². The Bertz CT molecular complexity index is 1190. The zero-order chi connectivity index (χ0) is 51.4. The molecule has 0 aromatic carbocycles. The maximum atomic E-state index is 12.9. The van der Waals surface area contributed by atoms with Crippen LogP contribution in [0, 0.1) is 0 Å². The zero-order valence-corrected chi connectivity index (χ0v) is 47.8. The maximum Gasteiger partial charge on any atom is 0.306 e. The molecule has 0 saturated carbocycles. The van der Waals surface area contributed by atoms with E-state index in [0.29, 0.717) is 19.3 Å². The lowest BCUT2D eigenvalue weighted by Crippen LogP contribution is -2.30. The molecule has 0 radical (unpaired) electrons. The Morgan fingerprint density at radius 1 is 0.282 bits per heavy atom. The van der Waals surface area contributed by atoms with Gasteiger partial charge in [-0.15, -0.1) is 0 Å². The monoisotopic (exact) mass is 997 g/mol. The molecule has 0 aliphatic rings. The molecule has 0 heterocycles. The molecular weight excluding hydrogens is 877 g/mol.